The second-order valence-corrected chi connectivity index (χ2v) is 7.63. The number of methoxy groups -OCH3 is 2. The summed E-state index contributed by atoms with van der Waals surface area (Å²) in [4.78, 5) is 12.5. The van der Waals surface area contributed by atoms with E-state index in [0.29, 0.717) is 29.4 Å². The Kier molecular flexibility index (Phi) is 6.42. The van der Waals surface area contributed by atoms with E-state index in [4.69, 9.17) is 30.5 Å². The number of benzene rings is 2. The van der Waals surface area contributed by atoms with Crippen LogP contribution >= 0.6 is 27.5 Å². The van der Waals surface area contributed by atoms with Crippen molar-refractivity contribution in [1.29, 1.82) is 0 Å². The van der Waals surface area contributed by atoms with Gasteiger partial charge in [0, 0.05) is 29.3 Å². The molecule has 3 rings (SSSR count). The molecule has 0 saturated carbocycles. The Morgan fingerprint density at radius 1 is 1.22 bits per heavy atom. The molecule has 2 aromatic rings. The summed E-state index contributed by atoms with van der Waals surface area (Å²) < 4.78 is 23.5. The van der Waals surface area contributed by atoms with Crippen molar-refractivity contribution in [2.24, 2.45) is 0 Å². The Bertz CT molecular complexity index is 807. The number of ether oxygens (including phenoxy) is 4. The van der Waals surface area contributed by atoms with Gasteiger partial charge in [0.05, 0.1) is 17.6 Å². The van der Waals surface area contributed by atoms with Crippen molar-refractivity contribution in [3.05, 3.63) is 63.1 Å². The maximum Gasteiger partial charge on any atom is 0.338 e. The van der Waals surface area contributed by atoms with Gasteiger partial charge in [-0.3, -0.25) is 0 Å². The lowest BCUT2D eigenvalue weighted by molar-refractivity contribution is -0.167. The third kappa shape index (κ3) is 4.14. The molecule has 0 spiro atoms. The molecule has 0 N–H and O–H groups in total. The van der Waals surface area contributed by atoms with Crippen LogP contribution in [0.25, 0.3) is 0 Å². The lowest BCUT2D eigenvalue weighted by atomic mass is 9.75. The molecule has 5 nitrogen and oxygen atoms in total. The third-order valence-corrected chi connectivity index (χ3v) is 5.47. The zero-order valence-corrected chi connectivity index (χ0v) is 17.4. The second kappa shape index (κ2) is 8.61. The summed E-state index contributed by atoms with van der Waals surface area (Å²) >= 11 is 9.46. The highest BCUT2D eigenvalue weighted by atomic mass is 79.9. The first-order valence-electron chi connectivity index (χ1n) is 8.41. The van der Waals surface area contributed by atoms with Gasteiger partial charge in [-0.25, -0.2) is 4.79 Å². The second-order valence-electron chi connectivity index (χ2n) is 6.28. The first-order valence-corrected chi connectivity index (χ1v) is 9.58. The zero-order valence-electron chi connectivity index (χ0n) is 15.0. The summed E-state index contributed by atoms with van der Waals surface area (Å²) in [6.45, 7) is 0.526. The molecule has 0 radical (unpaired) electrons. The number of carbonyl (C=O) groups excluding carboxylic acids is 1. The van der Waals surface area contributed by atoms with E-state index in [9.17, 15) is 4.79 Å². The molecule has 0 unspecified atom stereocenters. The van der Waals surface area contributed by atoms with E-state index in [0.717, 1.165) is 10.0 Å². The predicted molar refractivity (Wildman–Crippen MR) is 105 cm³/mol. The van der Waals surface area contributed by atoms with Gasteiger partial charge in [0.2, 0.25) is 0 Å². The Morgan fingerprint density at radius 3 is 2.59 bits per heavy atom. The summed E-state index contributed by atoms with van der Waals surface area (Å²) in [7, 11) is 3.13. The van der Waals surface area contributed by atoms with Crippen molar-refractivity contribution in [3.8, 4) is 5.75 Å². The van der Waals surface area contributed by atoms with Crippen molar-refractivity contribution in [1.82, 2.24) is 0 Å². The van der Waals surface area contributed by atoms with Gasteiger partial charge in [0.1, 0.15) is 12.4 Å². The van der Waals surface area contributed by atoms with Crippen molar-refractivity contribution >= 4 is 33.5 Å². The third-order valence-electron chi connectivity index (χ3n) is 4.71. The van der Waals surface area contributed by atoms with Gasteiger partial charge in [0.25, 0.3) is 0 Å². The van der Waals surface area contributed by atoms with Crippen LogP contribution in [0.1, 0.15) is 22.3 Å². The number of hydrogen-bond acceptors (Lipinski definition) is 5. The van der Waals surface area contributed by atoms with Gasteiger partial charge in [0.15, 0.2) is 6.29 Å². The van der Waals surface area contributed by atoms with Crippen LogP contribution in [0.4, 0.5) is 0 Å². The highest BCUT2D eigenvalue weighted by molar-refractivity contribution is 9.10. The molecule has 0 saturated heterocycles. The Balaban J connectivity index is 1.91. The minimum atomic E-state index is -0.702. The maximum atomic E-state index is 12.5. The van der Waals surface area contributed by atoms with E-state index in [2.05, 4.69) is 15.9 Å². The van der Waals surface area contributed by atoms with Gasteiger partial charge < -0.3 is 18.9 Å². The Morgan fingerprint density at radius 2 is 1.93 bits per heavy atom. The van der Waals surface area contributed by atoms with E-state index >= 15 is 0 Å². The fourth-order valence-corrected chi connectivity index (χ4v) is 3.80. The average molecular weight is 456 g/mol. The van der Waals surface area contributed by atoms with Gasteiger partial charge in [-0.2, -0.15) is 0 Å². The molecule has 1 atom stereocenters. The van der Waals surface area contributed by atoms with Crippen LogP contribution in [0.2, 0.25) is 5.02 Å². The lowest BCUT2D eigenvalue weighted by Gasteiger charge is -2.42. The quantitative estimate of drug-likeness (QED) is 0.471. The highest BCUT2D eigenvalue weighted by Crippen LogP contribution is 2.44. The molecule has 7 heteroatoms. The number of rotatable bonds is 6. The predicted octanol–water partition coefficient (Wildman–Crippen LogP) is 4.60. The van der Waals surface area contributed by atoms with Gasteiger partial charge in [-0.15, -0.1) is 0 Å². The van der Waals surface area contributed by atoms with Crippen LogP contribution in [0, 0.1) is 0 Å². The van der Waals surface area contributed by atoms with Gasteiger partial charge in [-0.05, 0) is 42.8 Å². The Labute approximate surface area is 171 Å². The van der Waals surface area contributed by atoms with Crippen molar-refractivity contribution < 1.29 is 23.7 Å². The first kappa shape index (κ1) is 20.1. The van der Waals surface area contributed by atoms with Crippen molar-refractivity contribution in [2.45, 2.75) is 18.1 Å². The summed E-state index contributed by atoms with van der Waals surface area (Å²) in [6, 6.07) is 12.4. The largest absolute Gasteiger partial charge is 0.493 e. The SMILES string of the molecule is COC(OC)[C@]1(COC(=O)c2ccc(Br)cc2)CCOc2cc(Cl)ccc21. The molecule has 1 aliphatic rings. The van der Waals surface area contributed by atoms with Crippen LogP contribution in [0.5, 0.6) is 5.75 Å². The summed E-state index contributed by atoms with van der Waals surface area (Å²) in [6.07, 6.45) is -0.0410. The minimum Gasteiger partial charge on any atom is -0.493 e. The number of esters is 1. The van der Waals surface area contributed by atoms with Crippen LogP contribution < -0.4 is 4.74 Å². The van der Waals surface area contributed by atoms with Gasteiger partial charge in [-0.1, -0.05) is 33.6 Å². The normalized spacial score (nSPS) is 18.7. The zero-order chi connectivity index (χ0) is 19.4. The topological polar surface area (TPSA) is 54.0 Å². The molecule has 2 aromatic carbocycles. The molecule has 27 heavy (non-hydrogen) atoms. The monoisotopic (exact) mass is 454 g/mol. The first-order chi connectivity index (χ1) is 13.0. The molecule has 0 aliphatic carbocycles. The number of halogens is 2. The fraction of sp³-hybridized carbons (Fsp3) is 0.350. The fourth-order valence-electron chi connectivity index (χ4n) is 3.38. The molecular weight excluding hydrogens is 436 g/mol. The molecular formula is C20H20BrClO5. The van der Waals surface area contributed by atoms with E-state index in [-0.39, 0.29) is 6.61 Å². The van der Waals surface area contributed by atoms with Crippen LogP contribution in [0.3, 0.4) is 0 Å². The molecule has 1 aliphatic heterocycles. The van der Waals surface area contributed by atoms with Crippen LogP contribution in [0.15, 0.2) is 46.9 Å². The van der Waals surface area contributed by atoms with E-state index in [1.165, 1.54) is 0 Å². The maximum absolute atomic E-state index is 12.5. The van der Waals surface area contributed by atoms with Crippen molar-refractivity contribution in [2.75, 3.05) is 27.4 Å². The van der Waals surface area contributed by atoms with Crippen LogP contribution in [-0.4, -0.2) is 39.7 Å². The average Bonchev–Trinajstić information content (AvgIpc) is 2.67. The summed E-state index contributed by atoms with van der Waals surface area (Å²) in [5.74, 6) is 0.238. The summed E-state index contributed by atoms with van der Waals surface area (Å²) in [5.41, 5.74) is 0.616. The van der Waals surface area contributed by atoms with E-state index in [1.54, 1.807) is 50.6 Å². The molecule has 0 amide bonds. The van der Waals surface area contributed by atoms with E-state index in [1.807, 2.05) is 6.07 Å². The minimum absolute atomic E-state index is 0.0895. The lowest BCUT2D eigenvalue weighted by Crippen LogP contribution is -2.49. The molecule has 0 bridgehead atoms. The standard InChI is InChI=1S/C20H20BrClO5/c1-24-19(25-2)20(9-10-26-17-11-15(22)7-8-16(17)20)12-27-18(23)13-3-5-14(21)6-4-13/h3-8,11,19H,9-10,12H2,1-2H3/t20-/m0/s1. The smallest absolute Gasteiger partial charge is 0.338 e. The highest BCUT2D eigenvalue weighted by Gasteiger charge is 2.47. The van der Waals surface area contributed by atoms with Gasteiger partial charge >= 0.3 is 5.97 Å². The van der Waals surface area contributed by atoms with Crippen LogP contribution in [-0.2, 0) is 19.6 Å². The summed E-state index contributed by atoms with van der Waals surface area (Å²) in [5, 5.41) is 0.572. The molecule has 1 heterocycles. The molecule has 0 aromatic heterocycles. The number of hydrogen-bond donors (Lipinski definition) is 0. The Hall–Kier alpha value is -1.60. The van der Waals surface area contributed by atoms with E-state index < -0.39 is 17.7 Å². The van der Waals surface area contributed by atoms with Crippen molar-refractivity contribution in [3.63, 3.8) is 0 Å². The molecule has 144 valence electrons. The number of fused-ring (bicyclic) bond motifs is 1. The molecule has 0 fully saturated rings. The number of carbonyl (C=O) groups is 1.